The lowest BCUT2D eigenvalue weighted by Gasteiger charge is -2.13. The summed E-state index contributed by atoms with van der Waals surface area (Å²) in [5, 5.41) is 13.9. The summed E-state index contributed by atoms with van der Waals surface area (Å²) in [4.78, 5) is 23.4. The highest BCUT2D eigenvalue weighted by Crippen LogP contribution is 2.29. The highest BCUT2D eigenvalue weighted by molar-refractivity contribution is 8.00. The highest BCUT2D eigenvalue weighted by Gasteiger charge is 2.17. The summed E-state index contributed by atoms with van der Waals surface area (Å²) in [6.07, 6.45) is 0. The first-order chi connectivity index (χ1) is 10.9. The molecular weight excluding hydrogens is 359 g/mol. The van der Waals surface area contributed by atoms with E-state index in [1.54, 1.807) is 19.1 Å². The third kappa shape index (κ3) is 4.86. The Bertz CT molecular complexity index is 738. The quantitative estimate of drug-likeness (QED) is 0.455. The number of anilines is 1. The maximum absolute atomic E-state index is 12.2. The van der Waals surface area contributed by atoms with E-state index in [0.717, 1.165) is 4.90 Å². The fourth-order valence-corrected chi connectivity index (χ4v) is 2.89. The van der Waals surface area contributed by atoms with Crippen LogP contribution in [0.15, 0.2) is 47.4 Å². The lowest BCUT2D eigenvalue weighted by atomic mass is 10.2. The predicted molar refractivity (Wildman–Crippen MR) is 93.5 cm³/mol. The van der Waals surface area contributed by atoms with E-state index in [2.05, 4.69) is 5.32 Å². The van der Waals surface area contributed by atoms with Crippen LogP contribution in [-0.2, 0) is 4.79 Å². The average molecular weight is 371 g/mol. The Balaban J connectivity index is 2.07. The molecule has 1 N–H and O–H groups in total. The standard InChI is InChI=1S/C15H12Cl2N2O3S/c1-9(23-12-5-2-10(16)3-6-12)15(20)18-14-8-11(19(21)22)4-7-13(14)17/h2-9H,1H3,(H,18,20)/t9-/m0/s1. The van der Waals surface area contributed by atoms with Crippen LogP contribution in [-0.4, -0.2) is 16.1 Å². The summed E-state index contributed by atoms with van der Waals surface area (Å²) in [6.45, 7) is 1.74. The summed E-state index contributed by atoms with van der Waals surface area (Å²) in [5.41, 5.74) is 0.0807. The maximum Gasteiger partial charge on any atom is 0.271 e. The van der Waals surface area contributed by atoms with Crippen LogP contribution in [0.1, 0.15) is 6.92 Å². The minimum atomic E-state index is -0.544. The predicted octanol–water partition coefficient (Wildman–Crippen LogP) is 5.02. The lowest BCUT2D eigenvalue weighted by molar-refractivity contribution is -0.384. The second kappa shape index (κ2) is 7.68. The van der Waals surface area contributed by atoms with Crippen LogP contribution in [0.2, 0.25) is 10.0 Å². The van der Waals surface area contributed by atoms with Gasteiger partial charge in [-0.05, 0) is 37.3 Å². The Morgan fingerprint density at radius 1 is 1.22 bits per heavy atom. The molecule has 0 saturated carbocycles. The first-order valence-corrected chi connectivity index (χ1v) is 8.17. The van der Waals surface area contributed by atoms with E-state index in [4.69, 9.17) is 23.2 Å². The minimum Gasteiger partial charge on any atom is -0.324 e. The van der Waals surface area contributed by atoms with Crippen molar-refractivity contribution < 1.29 is 9.72 Å². The Morgan fingerprint density at radius 3 is 2.48 bits per heavy atom. The van der Waals surface area contributed by atoms with Gasteiger partial charge in [-0.25, -0.2) is 0 Å². The minimum absolute atomic E-state index is 0.136. The van der Waals surface area contributed by atoms with Gasteiger partial charge in [0, 0.05) is 22.1 Å². The van der Waals surface area contributed by atoms with Crippen molar-refractivity contribution in [1.82, 2.24) is 0 Å². The van der Waals surface area contributed by atoms with Crippen molar-refractivity contribution in [2.24, 2.45) is 0 Å². The molecule has 0 aromatic heterocycles. The smallest absolute Gasteiger partial charge is 0.271 e. The molecular formula is C15H12Cl2N2O3S. The number of nitro groups is 1. The molecule has 0 unspecified atom stereocenters. The lowest BCUT2D eigenvalue weighted by Crippen LogP contribution is -2.22. The van der Waals surface area contributed by atoms with Gasteiger partial charge in [-0.15, -0.1) is 11.8 Å². The number of amides is 1. The molecule has 8 heteroatoms. The molecule has 0 aliphatic heterocycles. The molecule has 0 bridgehead atoms. The summed E-state index contributed by atoms with van der Waals surface area (Å²) < 4.78 is 0. The molecule has 0 saturated heterocycles. The number of hydrogen-bond donors (Lipinski definition) is 1. The molecule has 0 spiro atoms. The molecule has 0 heterocycles. The molecule has 23 heavy (non-hydrogen) atoms. The number of halogens is 2. The number of benzene rings is 2. The largest absolute Gasteiger partial charge is 0.324 e. The number of hydrogen-bond acceptors (Lipinski definition) is 4. The molecule has 5 nitrogen and oxygen atoms in total. The summed E-state index contributed by atoms with van der Waals surface area (Å²) in [5.74, 6) is -0.299. The van der Waals surface area contributed by atoms with Crippen LogP contribution in [0.5, 0.6) is 0 Å². The first kappa shape index (κ1) is 17.6. The van der Waals surface area contributed by atoms with Crippen LogP contribution in [0.4, 0.5) is 11.4 Å². The second-order valence-corrected chi connectivity index (χ2v) is 6.88. The fraction of sp³-hybridized carbons (Fsp3) is 0.133. The molecule has 1 atom stereocenters. The van der Waals surface area contributed by atoms with E-state index in [9.17, 15) is 14.9 Å². The number of nitrogens with zero attached hydrogens (tertiary/aromatic N) is 1. The zero-order chi connectivity index (χ0) is 17.0. The zero-order valence-corrected chi connectivity index (χ0v) is 14.3. The van der Waals surface area contributed by atoms with Gasteiger partial charge in [0.25, 0.3) is 5.69 Å². The third-order valence-electron chi connectivity index (χ3n) is 2.91. The number of nitrogens with one attached hydrogen (secondary N) is 1. The number of nitro benzene ring substituents is 1. The van der Waals surface area contributed by atoms with Crippen molar-refractivity contribution in [3.8, 4) is 0 Å². The first-order valence-electron chi connectivity index (χ1n) is 6.54. The monoisotopic (exact) mass is 370 g/mol. The van der Waals surface area contributed by atoms with Crippen molar-refractivity contribution in [2.45, 2.75) is 17.1 Å². The molecule has 0 fully saturated rings. The number of thioether (sulfide) groups is 1. The molecule has 0 aliphatic carbocycles. The van der Waals surface area contributed by atoms with Gasteiger partial charge >= 0.3 is 0 Å². The van der Waals surface area contributed by atoms with E-state index in [-0.39, 0.29) is 22.3 Å². The maximum atomic E-state index is 12.2. The normalized spacial score (nSPS) is 11.8. The molecule has 2 aromatic carbocycles. The number of carbonyl (C=O) groups is 1. The van der Waals surface area contributed by atoms with E-state index < -0.39 is 10.2 Å². The molecule has 1 amide bonds. The molecule has 0 radical (unpaired) electrons. The number of non-ortho nitro benzene ring substituents is 1. The van der Waals surface area contributed by atoms with Gasteiger partial charge < -0.3 is 5.32 Å². The Morgan fingerprint density at radius 2 is 1.87 bits per heavy atom. The van der Waals surface area contributed by atoms with Crippen LogP contribution < -0.4 is 5.32 Å². The number of carbonyl (C=O) groups excluding carboxylic acids is 1. The van der Waals surface area contributed by atoms with Crippen LogP contribution >= 0.6 is 35.0 Å². The van der Waals surface area contributed by atoms with Gasteiger partial charge in [-0.2, -0.15) is 0 Å². The van der Waals surface area contributed by atoms with Gasteiger partial charge in [0.2, 0.25) is 5.91 Å². The Hall–Kier alpha value is -1.76. The van der Waals surface area contributed by atoms with E-state index in [0.29, 0.717) is 5.02 Å². The zero-order valence-electron chi connectivity index (χ0n) is 12.0. The third-order valence-corrected chi connectivity index (χ3v) is 4.61. The van der Waals surface area contributed by atoms with Crippen LogP contribution in [0.3, 0.4) is 0 Å². The van der Waals surface area contributed by atoms with Gasteiger partial charge in [-0.3, -0.25) is 14.9 Å². The second-order valence-electron chi connectivity index (χ2n) is 4.62. The average Bonchev–Trinajstić information content (AvgIpc) is 2.51. The van der Waals surface area contributed by atoms with Gasteiger partial charge in [0.15, 0.2) is 0 Å². The van der Waals surface area contributed by atoms with E-state index in [1.807, 2.05) is 12.1 Å². The van der Waals surface area contributed by atoms with Crippen LogP contribution in [0, 0.1) is 10.1 Å². The van der Waals surface area contributed by atoms with Crippen molar-refractivity contribution in [1.29, 1.82) is 0 Å². The van der Waals surface area contributed by atoms with Crippen LogP contribution in [0.25, 0.3) is 0 Å². The summed E-state index contributed by atoms with van der Waals surface area (Å²) in [6, 6.07) is 11.0. The van der Waals surface area contributed by atoms with E-state index in [1.165, 1.54) is 30.0 Å². The van der Waals surface area contributed by atoms with Crippen molar-refractivity contribution in [2.75, 3.05) is 5.32 Å². The topological polar surface area (TPSA) is 72.2 Å². The van der Waals surface area contributed by atoms with Crippen molar-refractivity contribution >= 4 is 52.2 Å². The van der Waals surface area contributed by atoms with Gasteiger partial charge in [0.1, 0.15) is 0 Å². The van der Waals surface area contributed by atoms with E-state index >= 15 is 0 Å². The summed E-state index contributed by atoms with van der Waals surface area (Å²) >= 11 is 13.1. The highest BCUT2D eigenvalue weighted by atomic mass is 35.5. The number of rotatable bonds is 5. The Kier molecular flexibility index (Phi) is 5.87. The molecule has 0 aliphatic rings. The molecule has 2 aromatic rings. The fourth-order valence-electron chi connectivity index (χ4n) is 1.73. The molecule has 2 rings (SSSR count). The Labute approximate surface area is 147 Å². The molecule has 120 valence electrons. The summed E-state index contributed by atoms with van der Waals surface area (Å²) in [7, 11) is 0. The van der Waals surface area contributed by atoms with Crippen molar-refractivity contribution in [3.63, 3.8) is 0 Å². The van der Waals surface area contributed by atoms with Gasteiger partial charge in [0.05, 0.1) is 20.9 Å². The van der Waals surface area contributed by atoms with Gasteiger partial charge in [-0.1, -0.05) is 23.2 Å². The SMILES string of the molecule is C[C@H](Sc1ccc(Cl)cc1)C(=O)Nc1cc([N+](=O)[O-])ccc1Cl. The van der Waals surface area contributed by atoms with Crippen molar-refractivity contribution in [3.05, 3.63) is 62.6 Å².